The lowest BCUT2D eigenvalue weighted by Crippen LogP contribution is -2.29. The van der Waals surface area contributed by atoms with Crippen molar-refractivity contribution in [3.63, 3.8) is 0 Å². The van der Waals surface area contributed by atoms with Gasteiger partial charge in [0.1, 0.15) is 0 Å². The number of halogens is 2. The van der Waals surface area contributed by atoms with Gasteiger partial charge in [-0.2, -0.15) is 0 Å². The highest BCUT2D eigenvalue weighted by atomic mass is 35.5. The summed E-state index contributed by atoms with van der Waals surface area (Å²) in [4.78, 5) is 12.1. The largest absolute Gasteiger partial charge is 0.375 e. The van der Waals surface area contributed by atoms with E-state index in [0.717, 1.165) is 5.56 Å². The molecule has 0 fully saturated rings. The van der Waals surface area contributed by atoms with E-state index in [1.807, 2.05) is 30.3 Å². The van der Waals surface area contributed by atoms with Gasteiger partial charge in [0.15, 0.2) is 0 Å². The Kier molecular flexibility index (Phi) is 5.62. The number of amides is 1. The highest BCUT2D eigenvalue weighted by Crippen LogP contribution is 2.21. The first kappa shape index (κ1) is 15.8. The van der Waals surface area contributed by atoms with Crippen LogP contribution in [0.4, 0.5) is 0 Å². The van der Waals surface area contributed by atoms with Crippen molar-refractivity contribution in [3.05, 3.63) is 69.7 Å². The van der Waals surface area contributed by atoms with E-state index in [0.29, 0.717) is 22.2 Å². The van der Waals surface area contributed by atoms with Gasteiger partial charge in [-0.1, -0.05) is 53.5 Å². The molecule has 0 radical (unpaired) electrons. The van der Waals surface area contributed by atoms with E-state index in [-0.39, 0.29) is 12.0 Å². The average molecular weight is 324 g/mol. The number of hydrogen-bond acceptors (Lipinski definition) is 2. The van der Waals surface area contributed by atoms with Crippen molar-refractivity contribution in [1.29, 1.82) is 0 Å². The summed E-state index contributed by atoms with van der Waals surface area (Å²) in [6.45, 7) is 0.359. The summed E-state index contributed by atoms with van der Waals surface area (Å²) in [5.74, 6) is -0.255. The molecule has 0 saturated carbocycles. The van der Waals surface area contributed by atoms with E-state index in [4.69, 9.17) is 27.9 Å². The molecule has 1 unspecified atom stereocenters. The predicted molar refractivity (Wildman–Crippen MR) is 85.0 cm³/mol. The molecular formula is C16H15Cl2NO2. The third-order valence-corrected chi connectivity index (χ3v) is 3.63. The van der Waals surface area contributed by atoms with Crippen LogP contribution in [0.2, 0.25) is 10.0 Å². The van der Waals surface area contributed by atoms with Gasteiger partial charge in [-0.25, -0.2) is 0 Å². The van der Waals surface area contributed by atoms with Crippen LogP contribution in [0.25, 0.3) is 0 Å². The fraction of sp³-hybridized carbons (Fsp3) is 0.188. The SMILES string of the molecule is COC(CNC(=O)c1ccc(Cl)cc1Cl)c1ccccc1. The Hall–Kier alpha value is -1.55. The summed E-state index contributed by atoms with van der Waals surface area (Å²) in [5.41, 5.74) is 1.39. The monoisotopic (exact) mass is 323 g/mol. The van der Waals surface area contributed by atoms with Gasteiger partial charge in [0, 0.05) is 18.7 Å². The Morgan fingerprint density at radius 3 is 2.52 bits per heavy atom. The number of methoxy groups -OCH3 is 1. The number of rotatable bonds is 5. The first-order valence-electron chi connectivity index (χ1n) is 6.43. The van der Waals surface area contributed by atoms with Crippen LogP contribution in [-0.2, 0) is 4.74 Å². The molecular weight excluding hydrogens is 309 g/mol. The van der Waals surface area contributed by atoms with Gasteiger partial charge < -0.3 is 10.1 Å². The molecule has 0 heterocycles. The molecule has 0 bridgehead atoms. The van der Waals surface area contributed by atoms with Crippen LogP contribution in [0.1, 0.15) is 22.0 Å². The van der Waals surface area contributed by atoms with Crippen LogP contribution in [-0.4, -0.2) is 19.6 Å². The maximum atomic E-state index is 12.1. The fourth-order valence-corrected chi connectivity index (χ4v) is 2.45. The van der Waals surface area contributed by atoms with Crippen molar-refractivity contribution >= 4 is 29.1 Å². The maximum Gasteiger partial charge on any atom is 0.252 e. The molecule has 5 heteroatoms. The van der Waals surface area contributed by atoms with Crippen LogP contribution >= 0.6 is 23.2 Å². The molecule has 2 aromatic rings. The summed E-state index contributed by atoms with van der Waals surface area (Å²) in [6, 6.07) is 14.5. The molecule has 2 rings (SSSR count). The maximum absolute atomic E-state index is 12.1. The Labute approximate surface area is 133 Å². The van der Waals surface area contributed by atoms with Crippen LogP contribution in [0.5, 0.6) is 0 Å². The third-order valence-electron chi connectivity index (χ3n) is 3.08. The Morgan fingerprint density at radius 1 is 1.19 bits per heavy atom. The molecule has 0 aliphatic carbocycles. The minimum atomic E-state index is -0.255. The zero-order chi connectivity index (χ0) is 15.2. The van der Waals surface area contributed by atoms with Gasteiger partial charge in [-0.05, 0) is 23.8 Å². The molecule has 1 amide bonds. The lowest BCUT2D eigenvalue weighted by molar-refractivity contribution is 0.0828. The van der Waals surface area contributed by atoms with Crippen LogP contribution < -0.4 is 5.32 Å². The van der Waals surface area contributed by atoms with E-state index < -0.39 is 0 Å². The molecule has 1 atom stereocenters. The second kappa shape index (κ2) is 7.46. The third kappa shape index (κ3) is 4.21. The number of nitrogens with one attached hydrogen (secondary N) is 1. The van der Waals surface area contributed by atoms with E-state index >= 15 is 0 Å². The minimum absolute atomic E-state index is 0.207. The first-order valence-corrected chi connectivity index (χ1v) is 7.18. The summed E-state index contributed by atoms with van der Waals surface area (Å²) < 4.78 is 5.40. The summed E-state index contributed by atoms with van der Waals surface area (Å²) in [5, 5.41) is 3.64. The van der Waals surface area contributed by atoms with Crippen molar-refractivity contribution in [2.45, 2.75) is 6.10 Å². The smallest absolute Gasteiger partial charge is 0.252 e. The summed E-state index contributed by atoms with van der Waals surface area (Å²) in [6.07, 6.45) is -0.207. The highest BCUT2D eigenvalue weighted by Gasteiger charge is 2.14. The van der Waals surface area contributed by atoms with E-state index in [1.165, 1.54) is 0 Å². The van der Waals surface area contributed by atoms with Gasteiger partial charge in [0.05, 0.1) is 16.7 Å². The number of ether oxygens (including phenoxy) is 1. The Balaban J connectivity index is 2.03. The molecule has 0 saturated heterocycles. The lowest BCUT2D eigenvalue weighted by atomic mass is 10.1. The zero-order valence-electron chi connectivity index (χ0n) is 11.5. The zero-order valence-corrected chi connectivity index (χ0v) is 13.0. The normalized spacial score (nSPS) is 12.0. The average Bonchev–Trinajstić information content (AvgIpc) is 2.48. The van der Waals surface area contributed by atoms with Crippen molar-refractivity contribution in [3.8, 4) is 0 Å². The summed E-state index contributed by atoms with van der Waals surface area (Å²) >= 11 is 11.8. The van der Waals surface area contributed by atoms with Gasteiger partial charge in [0.25, 0.3) is 5.91 Å². The Bertz CT molecular complexity index is 617. The van der Waals surface area contributed by atoms with Crippen molar-refractivity contribution in [2.24, 2.45) is 0 Å². The van der Waals surface area contributed by atoms with Crippen molar-refractivity contribution < 1.29 is 9.53 Å². The molecule has 0 aromatic heterocycles. The number of benzene rings is 2. The quantitative estimate of drug-likeness (QED) is 0.899. The van der Waals surface area contributed by atoms with Crippen molar-refractivity contribution in [1.82, 2.24) is 5.32 Å². The van der Waals surface area contributed by atoms with Crippen molar-refractivity contribution in [2.75, 3.05) is 13.7 Å². The van der Waals surface area contributed by atoms with Crippen LogP contribution in [0, 0.1) is 0 Å². The van der Waals surface area contributed by atoms with Gasteiger partial charge in [0.2, 0.25) is 0 Å². The second-order valence-electron chi connectivity index (χ2n) is 4.47. The first-order chi connectivity index (χ1) is 10.1. The molecule has 1 N–H and O–H groups in total. The molecule has 0 aliphatic heterocycles. The highest BCUT2D eigenvalue weighted by molar-refractivity contribution is 6.36. The molecule has 21 heavy (non-hydrogen) atoms. The standard InChI is InChI=1S/C16H15Cl2NO2/c1-21-15(11-5-3-2-4-6-11)10-19-16(20)13-8-7-12(17)9-14(13)18/h2-9,15H,10H2,1H3,(H,19,20). The molecule has 3 nitrogen and oxygen atoms in total. The number of hydrogen-bond donors (Lipinski definition) is 1. The fourth-order valence-electron chi connectivity index (χ4n) is 1.96. The molecule has 110 valence electrons. The van der Waals surface area contributed by atoms with Gasteiger partial charge in [-0.3, -0.25) is 4.79 Å². The molecule has 2 aromatic carbocycles. The van der Waals surface area contributed by atoms with Crippen LogP contribution in [0.3, 0.4) is 0 Å². The van der Waals surface area contributed by atoms with Crippen LogP contribution in [0.15, 0.2) is 48.5 Å². The minimum Gasteiger partial charge on any atom is -0.375 e. The van der Waals surface area contributed by atoms with Gasteiger partial charge >= 0.3 is 0 Å². The van der Waals surface area contributed by atoms with E-state index in [9.17, 15) is 4.79 Å². The second-order valence-corrected chi connectivity index (χ2v) is 5.31. The van der Waals surface area contributed by atoms with E-state index in [1.54, 1.807) is 25.3 Å². The van der Waals surface area contributed by atoms with Gasteiger partial charge in [-0.15, -0.1) is 0 Å². The number of carbonyl (C=O) groups is 1. The molecule has 0 spiro atoms. The summed E-state index contributed by atoms with van der Waals surface area (Å²) in [7, 11) is 1.61. The predicted octanol–water partition coefficient (Wildman–Crippen LogP) is 4.11. The molecule has 0 aliphatic rings. The lowest BCUT2D eigenvalue weighted by Gasteiger charge is -2.16. The topological polar surface area (TPSA) is 38.3 Å². The Morgan fingerprint density at radius 2 is 1.90 bits per heavy atom. The number of carbonyl (C=O) groups excluding carboxylic acids is 1. The van der Waals surface area contributed by atoms with E-state index in [2.05, 4.69) is 5.32 Å².